The van der Waals surface area contributed by atoms with Crippen molar-refractivity contribution < 1.29 is 4.92 Å². The van der Waals surface area contributed by atoms with Gasteiger partial charge >= 0.3 is 5.69 Å². The normalized spacial score (nSPS) is 9.80. The Hall–Kier alpha value is -3.14. The minimum absolute atomic E-state index is 0.0951. The summed E-state index contributed by atoms with van der Waals surface area (Å²) in [4.78, 5) is 16.0. The van der Waals surface area contributed by atoms with Gasteiger partial charge in [-0.2, -0.15) is 5.26 Å². The molecule has 0 aliphatic heterocycles. The first-order valence-electron chi connectivity index (χ1n) is 5.68. The Kier molecular flexibility index (Phi) is 3.48. The van der Waals surface area contributed by atoms with Crippen LogP contribution in [0, 0.1) is 21.4 Å². The van der Waals surface area contributed by atoms with E-state index in [2.05, 4.69) is 4.98 Å². The number of rotatable bonds is 3. The van der Waals surface area contributed by atoms with Gasteiger partial charge in [0, 0.05) is 13.1 Å². The number of nitro groups is 1. The number of pyridine rings is 1. The zero-order valence-corrected chi connectivity index (χ0v) is 10.6. The van der Waals surface area contributed by atoms with Crippen molar-refractivity contribution in [2.75, 3.05) is 17.7 Å². The minimum Gasteiger partial charge on any atom is -0.384 e. The fraction of sp³-hybridized carbons (Fsp3) is 0.0769. The molecule has 0 bridgehead atoms. The van der Waals surface area contributed by atoms with Crippen LogP contribution >= 0.6 is 0 Å². The first-order chi connectivity index (χ1) is 9.54. The van der Waals surface area contributed by atoms with Gasteiger partial charge in [0.05, 0.1) is 16.2 Å². The van der Waals surface area contributed by atoms with Gasteiger partial charge in [-0.25, -0.2) is 4.98 Å². The van der Waals surface area contributed by atoms with Crippen LogP contribution < -0.4 is 10.6 Å². The van der Waals surface area contributed by atoms with E-state index in [1.807, 2.05) is 6.07 Å². The average molecular weight is 269 g/mol. The van der Waals surface area contributed by atoms with Gasteiger partial charge in [0.1, 0.15) is 11.9 Å². The Labute approximate surface area is 115 Å². The predicted molar refractivity (Wildman–Crippen MR) is 74.5 cm³/mol. The van der Waals surface area contributed by atoms with Crippen molar-refractivity contribution in [2.24, 2.45) is 0 Å². The number of nitriles is 1. The Morgan fingerprint density at radius 2 is 2.05 bits per heavy atom. The van der Waals surface area contributed by atoms with Crippen molar-refractivity contribution in [3.63, 3.8) is 0 Å². The summed E-state index contributed by atoms with van der Waals surface area (Å²) in [5.74, 6) is 0.268. The zero-order valence-electron chi connectivity index (χ0n) is 10.6. The van der Waals surface area contributed by atoms with Crippen molar-refractivity contribution in [1.29, 1.82) is 5.26 Å². The second-order valence-corrected chi connectivity index (χ2v) is 4.02. The molecule has 1 heterocycles. The summed E-state index contributed by atoms with van der Waals surface area (Å²) in [5.41, 5.74) is 6.34. The summed E-state index contributed by atoms with van der Waals surface area (Å²) >= 11 is 0. The number of nitrogens with two attached hydrogens (primary N) is 1. The maximum atomic E-state index is 11.1. The van der Waals surface area contributed by atoms with Crippen LogP contribution in [-0.4, -0.2) is 17.0 Å². The largest absolute Gasteiger partial charge is 0.384 e. The molecule has 1 aromatic heterocycles. The van der Waals surface area contributed by atoms with Gasteiger partial charge < -0.3 is 10.6 Å². The summed E-state index contributed by atoms with van der Waals surface area (Å²) in [6.45, 7) is 0. The Morgan fingerprint density at radius 3 is 2.70 bits per heavy atom. The first kappa shape index (κ1) is 13.3. The molecule has 7 heteroatoms. The van der Waals surface area contributed by atoms with Crippen molar-refractivity contribution >= 4 is 23.0 Å². The number of hydrogen-bond donors (Lipinski definition) is 1. The highest BCUT2D eigenvalue weighted by atomic mass is 16.6. The molecule has 0 saturated carbocycles. The summed E-state index contributed by atoms with van der Waals surface area (Å²) in [7, 11) is 1.60. The molecule has 2 rings (SSSR count). The van der Waals surface area contributed by atoms with E-state index in [9.17, 15) is 10.1 Å². The van der Waals surface area contributed by atoms with E-state index >= 15 is 0 Å². The smallest absolute Gasteiger partial charge is 0.312 e. The van der Waals surface area contributed by atoms with Crippen LogP contribution in [0.5, 0.6) is 0 Å². The molecule has 0 aliphatic rings. The van der Waals surface area contributed by atoms with E-state index in [-0.39, 0.29) is 17.3 Å². The average Bonchev–Trinajstić information content (AvgIpc) is 2.46. The van der Waals surface area contributed by atoms with E-state index in [0.717, 1.165) is 0 Å². The van der Waals surface area contributed by atoms with E-state index < -0.39 is 4.92 Å². The molecule has 0 aliphatic carbocycles. The Balaban J connectivity index is 2.59. The third kappa shape index (κ3) is 2.35. The van der Waals surface area contributed by atoms with Gasteiger partial charge in [0.2, 0.25) is 5.82 Å². The standard InChI is InChI=1S/C13H11N5O2/c1-17(10-5-3-2-4-9(10)8-14)13-11(18(19)20)6-7-12(15)16-13/h2-7H,1H3,(H2,15,16). The summed E-state index contributed by atoms with van der Waals surface area (Å²) in [6.07, 6.45) is 0. The quantitative estimate of drug-likeness (QED) is 0.675. The van der Waals surface area contributed by atoms with E-state index in [4.69, 9.17) is 11.0 Å². The molecule has 20 heavy (non-hydrogen) atoms. The summed E-state index contributed by atoms with van der Waals surface area (Å²) < 4.78 is 0. The van der Waals surface area contributed by atoms with Gasteiger partial charge in [-0.3, -0.25) is 10.1 Å². The molecular formula is C13H11N5O2. The molecule has 100 valence electrons. The fourth-order valence-corrected chi connectivity index (χ4v) is 1.82. The number of benzene rings is 1. The van der Waals surface area contributed by atoms with Crippen LogP contribution in [0.4, 0.5) is 23.0 Å². The molecule has 0 spiro atoms. The molecule has 0 atom stereocenters. The molecule has 2 N–H and O–H groups in total. The zero-order chi connectivity index (χ0) is 14.7. The molecule has 0 fully saturated rings. The monoisotopic (exact) mass is 269 g/mol. The van der Waals surface area contributed by atoms with Gasteiger partial charge in [-0.15, -0.1) is 0 Å². The highest BCUT2D eigenvalue weighted by Crippen LogP contribution is 2.32. The maximum Gasteiger partial charge on any atom is 0.312 e. The van der Waals surface area contributed by atoms with Gasteiger partial charge in [-0.1, -0.05) is 12.1 Å². The second kappa shape index (κ2) is 5.24. The predicted octanol–water partition coefficient (Wildman–Crippen LogP) is 2.21. The maximum absolute atomic E-state index is 11.1. The third-order valence-electron chi connectivity index (χ3n) is 2.78. The van der Waals surface area contributed by atoms with Crippen molar-refractivity contribution in [3.8, 4) is 6.07 Å². The number of nitrogen functional groups attached to an aromatic ring is 1. The lowest BCUT2D eigenvalue weighted by atomic mass is 10.2. The third-order valence-corrected chi connectivity index (χ3v) is 2.78. The van der Waals surface area contributed by atoms with Gasteiger partial charge in [-0.05, 0) is 18.2 Å². The van der Waals surface area contributed by atoms with Crippen LogP contribution in [0.15, 0.2) is 36.4 Å². The van der Waals surface area contributed by atoms with Crippen molar-refractivity contribution in [3.05, 3.63) is 52.1 Å². The molecule has 0 amide bonds. The van der Waals surface area contributed by atoms with E-state index in [1.54, 1.807) is 31.3 Å². The van der Waals surface area contributed by atoms with Crippen molar-refractivity contribution in [2.45, 2.75) is 0 Å². The molecule has 0 saturated heterocycles. The number of aromatic nitrogens is 1. The summed E-state index contributed by atoms with van der Waals surface area (Å²) in [6, 6.07) is 11.5. The SMILES string of the molecule is CN(c1ccccc1C#N)c1nc(N)ccc1[N+](=O)[O-]. The Bertz CT molecular complexity index is 708. The molecule has 2 aromatic rings. The van der Waals surface area contributed by atoms with Gasteiger partial charge in [0.15, 0.2) is 0 Å². The molecule has 7 nitrogen and oxygen atoms in total. The van der Waals surface area contributed by atoms with Crippen molar-refractivity contribution in [1.82, 2.24) is 4.98 Å². The summed E-state index contributed by atoms with van der Waals surface area (Å²) in [5, 5.41) is 20.1. The van der Waals surface area contributed by atoms with Crippen LogP contribution in [0.1, 0.15) is 5.56 Å². The molecule has 0 radical (unpaired) electrons. The van der Waals surface area contributed by atoms with E-state index in [1.165, 1.54) is 17.0 Å². The Morgan fingerprint density at radius 1 is 1.35 bits per heavy atom. The molecular weight excluding hydrogens is 258 g/mol. The van der Waals surface area contributed by atoms with Crippen LogP contribution in [-0.2, 0) is 0 Å². The minimum atomic E-state index is -0.534. The van der Waals surface area contributed by atoms with Crippen LogP contribution in [0.3, 0.4) is 0 Å². The fourth-order valence-electron chi connectivity index (χ4n) is 1.82. The van der Waals surface area contributed by atoms with Crippen LogP contribution in [0.2, 0.25) is 0 Å². The number of anilines is 3. The lowest BCUT2D eigenvalue weighted by Gasteiger charge is -2.19. The van der Waals surface area contributed by atoms with Gasteiger partial charge in [0.25, 0.3) is 0 Å². The topological polar surface area (TPSA) is 109 Å². The number of hydrogen-bond acceptors (Lipinski definition) is 6. The second-order valence-electron chi connectivity index (χ2n) is 4.02. The van der Waals surface area contributed by atoms with E-state index in [0.29, 0.717) is 11.3 Å². The highest BCUT2D eigenvalue weighted by Gasteiger charge is 2.21. The lowest BCUT2D eigenvalue weighted by molar-refractivity contribution is -0.384. The highest BCUT2D eigenvalue weighted by molar-refractivity contribution is 5.73. The molecule has 1 aromatic carbocycles. The number of para-hydroxylation sites is 1. The first-order valence-corrected chi connectivity index (χ1v) is 5.68. The van der Waals surface area contributed by atoms with Crippen LogP contribution in [0.25, 0.3) is 0 Å². The molecule has 0 unspecified atom stereocenters. The lowest BCUT2D eigenvalue weighted by Crippen LogP contribution is -2.15. The number of nitrogens with zero attached hydrogens (tertiary/aromatic N) is 4.